The van der Waals surface area contributed by atoms with Gasteiger partial charge in [-0.2, -0.15) is 0 Å². The minimum Gasteiger partial charge on any atom is -0.480 e. The van der Waals surface area contributed by atoms with Crippen molar-refractivity contribution in [3.63, 3.8) is 0 Å². The van der Waals surface area contributed by atoms with Crippen LogP contribution in [0.4, 0.5) is 0 Å². The Morgan fingerprint density at radius 3 is 2.23 bits per heavy atom. The Labute approximate surface area is 76.9 Å². The predicted octanol–water partition coefficient (Wildman–Crippen LogP) is 0.130. The smallest absolute Gasteiger partial charge is 0.321 e. The zero-order valence-corrected chi connectivity index (χ0v) is 8.03. The van der Waals surface area contributed by atoms with Gasteiger partial charge in [0.2, 0.25) is 0 Å². The lowest BCUT2D eigenvalue weighted by atomic mass is 10.2. The lowest BCUT2D eigenvalue weighted by Crippen LogP contribution is -2.35. The molecule has 0 aliphatic carbocycles. The molecule has 1 atom stereocenters. The van der Waals surface area contributed by atoms with Crippen LogP contribution in [-0.4, -0.2) is 28.7 Å². The van der Waals surface area contributed by atoms with Crippen molar-refractivity contribution in [2.24, 2.45) is 5.73 Å². The number of nitrogens with two attached hydrogens (primary N) is 1. The molecule has 0 fully saturated rings. The van der Waals surface area contributed by atoms with Crippen LogP contribution >= 0.6 is 0 Å². The van der Waals surface area contributed by atoms with E-state index in [2.05, 4.69) is 0 Å². The molecule has 0 saturated carbocycles. The highest BCUT2D eigenvalue weighted by atomic mass is 16.6. The van der Waals surface area contributed by atoms with Crippen molar-refractivity contribution in [2.75, 3.05) is 0 Å². The Morgan fingerprint density at radius 1 is 1.46 bits per heavy atom. The average molecular weight is 189 g/mol. The zero-order chi connectivity index (χ0) is 10.6. The fourth-order valence-electron chi connectivity index (χ4n) is 0.650. The van der Waals surface area contributed by atoms with Gasteiger partial charge in [-0.3, -0.25) is 9.59 Å². The van der Waals surface area contributed by atoms with Crippen molar-refractivity contribution < 1.29 is 19.4 Å². The molecule has 0 aliphatic heterocycles. The Balaban J connectivity index is 3.96. The second-order valence-electron chi connectivity index (χ2n) is 3.74. The molecule has 13 heavy (non-hydrogen) atoms. The summed E-state index contributed by atoms with van der Waals surface area (Å²) in [5.41, 5.74) is 4.53. The normalized spacial score (nSPS) is 13.5. The molecule has 0 aromatic carbocycles. The van der Waals surface area contributed by atoms with Gasteiger partial charge in [0, 0.05) is 0 Å². The van der Waals surface area contributed by atoms with E-state index >= 15 is 0 Å². The summed E-state index contributed by atoms with van der Waals surface area (Å²) in [4.78, 5) is 21.3. The van der Waals surface area contributed by atoms with E-state index in [1.165, 1.54) is 0 Å². The van der Waals surface area contributed by atoms with Crippen LogP contribution < -0.4 is 5.73 Å². The summed E-state index contributed by atoms with van der Waals surface area (Å²) >= 11 is 0. The van der Waals surface area contributed by atoms with Crippen LogP contribution in [0, 0.1) is 0 Å². The van der Waals surface area contributed by atoms with Crippen molar-refractivity contribution >= 4 is 11.9 Å². The SMILES string of the molecule is CC(C)(C)OC(=O)CC(N)C(=O)O. The van der Waals surface area contributed by atoms with Gasteiger partial charge in [-0.1, -0.05) is 0 Å². The van der Waals surface area contributed by atoms with Gasteiger partial charge in [-0.25, -0.2) is 0 Å². The second-order valence-corrected chi connectivity index (χ2v) is 3.74. The van der Waals surface area contributed by atoms with Crippen molar-refractivity contribution in [1.82, 2.24) is 0 Å². The minimum atomic E-state index is -1.20. The highest BCUT2D eigenvalue weighted by molar-refractivity contribution is 5.81. The third kappa shape index (κ3) is 6.10. The summed E-state index contributed by atoms with van der Waals surface area (Å²) in [6, 6.07) is -1.19. The molecule has 0 aromatic rings. The van der Waals surface area contributed by atoms with Gasteiger partial charge in [0.25, 0.3) is 0 Å². The molecule has 3 N–H and O–H groups in total. The number of carboxylic acid groups (broad SMARTS) is 1. The fourth-order valence-corrected chi connectivity index (χ4v) is 0.650. The third-order valence-corrected chi connectivity index (χ3v) is 1.12. The molecule has 5 heteroatoms. The maximum Gasteiger partial charge on any atom is 0.321 e. The summed E-state index contributed by atoms with van der Waals surface area (Å²) in [7, 11) is 0. The maximum atomic E-state index is 11.0. The molecule has 0 aromatic heterocycles. The van der Waals surface area contributed by atoms with E-state index in [-0.39, 0.29) is 6.42 Å². The molecule has 0 rings (SSSR count). The summed E-state index contributed by atoms with van der Waals surface area (Å²) in [6.07, 6.45) is -0.299. The Hall–Kier alpha value is -1.10. The first kappa shape index (κ1) is 11.9. The molecule has 0 saturated heterocycles. The zero-order valence-electron chi connectivity index (χ0n) is 8.03. The Kier molecular flexibility index (Phi) is 3.87. The van der Waals surface area contributed by atoms with Gasteiger partial charge in [-0.15, -0.1) is 0 Å². The number of hydrogen-bond donors (Lipinski definition) is 2. The standard InChI is InChI=1S/C8H15NO4/c1-8(2,3)13-6(10)4-5(9)7(11)12/h5H,4,9H2,1-3H3,(H,11,12). The highest BCUT2D eigenvalue weighted by Gasteiger charge is 2.21. The molecule has 0 spiro atoms. The molecule has 0 heterocycles. The van der Waals surface area contributed by atoms with Crippen molar-refractivity contribution in [1.29, 1.82) is 0 Å². The van der Waals surface area contributed by atoms with Gasteiger partial charge < -0.3 is 15.6 Å². The molecule has 0 bridgehead atoms. The lowest BCUT2D eigenvalue weighted by molar-refractivity contribution is -0.157. The number of carbonyl (C=O) groups is 2. The van der Waals surface area contributed by atoms with E-state index in [0.29, 0.717) is 0 Å². The molecule has 76 valence electrons. The molecule has 0 radical (unpaired) electrons. The van der Waals surface area contributed by atoms with E-state index in [1.54, 1.807) is 20.8 Å². The van der Waals surface area contributed by atoms with Crippen LogP contribution in [0.1, 0.15) is 27.2 Å². The van der Waals surface area contributed by atoms with Crippen LogP contribution in [-0.2, 0) is 14.3 Å². The van der Waals surface area contributed by atoms with Gasteiger partial charge in [0.15, 0.2) is 0 Å². The molecule has 0 aliphatic rings. The lowest BCUT2D eigenvalue weighted by Gasteiger charge is -2.19. The monoisotopic (exact) mass is 189 g/mol. The van der Waals surface area contributed by atoms with Crippen molar-refractivity contribution in [2.45, 2.75) is 38.8 Å². The van der Waals surface area contributed by atoms with Crippen LogP contribution in [0.15, 0.2) is 0 Å². The van der Waals surface area contributed by atoms with Gasteiger partial charge >= 0.3 is 11.9 Å². The predicted molar refractivity (Wildman–Crippen MR) is 46.1 cm³/mol. The second kappa shape index (κ2) is 4.23. The quantitative estimate of drug-likeness (QED) is 0.616. The summed E-state index contributed by atoms with van der Waals surface area (Å²) in [5.74, 6) is -1.80. The molecular weight excluding hydrogens is 174 g/mol. The third-order valence-electron chi connectivity index (χ3n) is 1.12. The van der Waals surface area contributed by atoms with Gasteiger partial charge in [0.1, 0.15) is 11.6 Å². The first-order valence-electron chi connectivity index (χ1n) is 3.92. The number of esters is 1. The number of carboxylic acids is 1. The summed E-state index contributed by atoms with van der Waals surface area (Å²) < 4.78 is 4.88. The van der Waals surface area contributed by atoms with Crippen LogP contribution in [0.25, 0.3) is 0 Å². The minimum absolute atomic E-state index is 0.299. The first-order valence-corrected chi connectivity index (χ1v) is 3.92. The van der Waals surface area contributed by atoms with E-state index < -0.39 is 23.6 Å². The van der Waals surface area contributed by atoms with Crippen molar-refractivity contribution in [3.8, 4) is 0 Å². The number of rotatable bonds is 3. The largest absolute Gasteiger partial charge is 0.480 e. The van der Waals surface area contributed by atoms with E-state index in [9.17, 15) is 9.59 Å². The highest BCUT2D eigenvalue weighted by Crippen LogP contribution is 2.08. The number of carbonyl (C=O) groups excluding carboxylic acids is 1. The maximum absolute atomic E-state index is 11.0. The topological polar surface area (TPSA) is 89.6 Å². The molecule has 1 unspecified atom stereocenters. The molecule has 5 nitrogen and oxygen atoms in total. The molecule has 0 amide bonds. The number of ether oxygens (including phenoxy) is 1. The Morgan fingerprint density at radius 2 is 1.92 bits per heavy atom. The van der Waals surface area contributed by atoms with E-state index in [0.717, 1.165) is 0 Å². The molecular formula is C8H15NO4. The average Bonchev–Trinajstić information content (AvgIpc) is 1.81. The fraction of sp³-hybridized carbons (Fsp3) is 0.750. The van der Waals surface area contributed by atoms with E-state index in [1.807, 2.05) is 0 Å². The summed E-state index contributed by atoms with van der Waals surface area (Å²) in [6.45, 7) is 5.12. The summed E-state index contributed by atoms with van der Waals surface area (Å²) in [5, 5.41) is 8.40. The van der Waals surface area contributed by atoms with Gasteiger partial charge in [0.05, 0.1) is 6.42 Å². The first-order chi connectivity index (χ1) is 5.72. The van der Waals surface area contributed by atoms with Crippen LogP contribution in [0.2, 0.25) is 0 Å². The Bertz CT molecular complexity index is 207. The van der Waals surface area contributed by atoms with Gasteiger partial charge in [-0.05, 0) is 20.8 Å². The van der Waals surface area contributed by atoms with Crippen LogP contribution in [0.3, 0.4) is 0 Å². The van der Waals surface area contributed by atoms with Crippen molar-refractivity contribution in [3.05, 3.63) is 0 Å². The van der Waals surface area contributed by atoms with E-state index in [4.69, 9.17) is 15.6 Å². The number of aliphatic carboxylic acids is 1. The number of hydrogen-bond acceptors (Lipinski definition) is 4. The van der Waals surface area contributed by atoms with Crippen LogP contribution in [0.5, 0.6) is 0 Å².